The molecule has 124 valence electrons. The van der Waals surface area contributed by atoms with Gasteiger partial charge in [-0.05, 0) is 18.1 Å². The Morgan fingerprint density at radius 1 is 1.30 bits per heavy atom. The van der Waals surface area contributed by atoms with E-state index in [0.29, 0.717) is 25.8 Å². The number of carbonyl (C=O) groups excluding carboxylic acids is 2. The van der Waals surface area contributed by atoms with Gasteiger partial charge in [-0.1, -0.05) is 18.2 Å². The molecule has 6 heteroatoms. The number of nitrogens with one attached hydrogen (secondary N) is 2. The zero-order valence-electron chi connectivity index (χ0n) is 13.2. The molecule has 2 saturated heterocycles. The summed E-state index contributed by atoms with van der Waals surface area (Å²) < 4.78 is 5.40. The van der Waals surface area contributed by atoms with Crippen LogP contribution in [0, 0.1) is 0 Å². The van der Waals surface area contributed by atoms with E-state index in [1.807, 2.05) is 12.1 Å². The number of nitrogens with zero attached hydrogens (tertiary/aromatic N) is 1. The molecule has 0 aromatic heterocycles. The maximum absolute atomic E-state index is 12.1. The Balaban J connectivity index is 1.55. The molecule has 1 aromatic rings. The van der Waals surface area contributed by atoms with Crippen LogP contribution in [0.5, 0.6) is 0 Å². The van der Waals surface area contributed by atoms with E-state index in [0.717, 1.165) is 26.3 Å². The highest BCUT2D eigenvalue weighted by molar-refractivity contribution is 5.82. The summed E-state index contributed by atoms with van der Waals surface area (Å²) in [5.74, 6) is 0.0104. The molecule has 2 aliphatic rings. The van der Waals surface area contributed by atoms with Gasteiger partial charge in [0, 0.05) is 38.2 Å². The second kappa shape index (κ2) is 7.46. The zero-order chi connectivity index (χ0) is 16.1. The summed E-state index contributed by atoms with van der Waals surface area (Å²) in [4.78, 5) is 25.6. The second-order valence-electron chi connectivity index (χ2n) is 6.00. The summed E-state index contributed by atoms with van der Waals surface area (Å²) in [6.45, 7) is 3.81. The molecule has 0 spiro atoms. The number of ether oxygens (including phenoxy) is 1. The molecule has 23 heavy (non-hydrogen) atoms. The average Bonchev–Trinajstić information content (AvgIpc) is 2.99. The molecule has 0 saturated carbocycles. The first-order chi connectivity index (χ1) is 11.2. The minimum Gasteiger partial charge on any atom is -0.378 e. The predicted molar refractivity (Wildman–Crippen MR) is 87.4 cm³/mol. The van der Waals surface area contributed by atoms with Crippen molar-refractivity contribution in [2.24, 2.45) is 0 Å². The quantitative estimate of drug-likeness (QED) is 0.828. The van der Waals surface area contributed by atoms with E-state index in [1.54, 1.807) is 0 Å². The van der Waals surface area contributed by atoms with Crippen LogP contribution in [0.4, 0.5) is 5.69 Å². The molecular formula is C17H23N3O3. The van der Waals surface area contributed by atoms with Gasteiger partial charge in [0.25, 0.3) is 0 Å². The van der Waals surface area contributed by atoms with Crippen LogP contribution in [0.2, 0.25) is 0 Å². The van der Waals surface area contributed by atoms with Gasteiger partial charge in [0.05, 0.1) is 19.3 Å². The number of hydrogen-bond acceptors (Lipinski definition) is 4. The van der Waals surface area contributed by atoms with E-state index in [2.05, 4.69) is 27.7 Å². The molecule has 2 heterocycles. The van der Waals surface area contributed by atoms with Gasteiger partial charge in [0.15, 0.2) is 0 Å². The SMILES string of the molecule is O=C1CC(NC(=O)CCc2ccccc2N2CCOCC2)CN1. The van der Waals surface area contributed by atoms with Crippen molar-refractivity contribution < 1.29 is 14.3 Å². The lowest BCUT2D eigenvalue weighted by Gasteiger charge is -2.30. The molecule has 2 amide bonds. The van der Waals surface area contributed by atoms with Crippen LogP contribution in [-0.4, -0.2) is 50.7 Å². The maximum Gasteiger partial charge on any atom is 0.222 e. The van der Waals surface area contributed by atoms with Gasteiger partial charge in [-0.15, -0.1) is 0 Å². The van der Waals surface area contributed by atoms with Crippen LogP contribution < -0.4 is 15.5 Å². The number of hydrogen-bond donors (Lipinski definition) is 2. The highest BCUT2D eigenvalue weighted by Crippen LogP contribution is 2.22. The van der Waals surface area contributed by atoms with Crippen molar-refractivity contribution in [2.75, 3.05) is 37.7 Å². The van der Waals surface area contributed by atoms with E-state index in [9.17, 15) is 9.59 Å². The van der Waals surface area contributed by atoms with Crippen LogP contribution in [-0.2, 0) is 20.7 Å². The van der Waals surface area contributed by atoms with Crippen molar-refractivity contribution in [2.45, 2.75) is 25.3 Å². The van der Waals surface area contributed by atoms with Crippen LogP contribution in [0.25, 0.3) is 0 Å². The number of anilines is 1. The van der Waals surface area contributed by atoms with Crippen molar-refractivity contribution in [3.63, 3.8) is 0 Å². The minimum absolute atomic E-state index is 0.00304. The van der Waals surface area contributed by atoms with Gasteiger partial charge in [-0.2, -0.15) is 0 Å². The lowest BCUT2D eigenvalue weighted by atomic mass is 10.1. The fourth-order valence-electron chi connectivity index (χ4n) is 3.09. The molecule has 2 N–H and O–H groups in total. The third kappa shape index (κ3) is 4.22. The number of rotatable bonds is 5. The van der Waals surface area contributed by atoms with Crippen LogP contribution >= 0.6 is 0 Å². The molecule has 1 atom stereocenters. The van der Waals surface area contributed by atoms with E-state index >= 15 is 0 Å². The van der Waals surface area contributed by atoms with Crippen molar-refractivity contribution in [3.05, 3.63) is 29.8 Å². The standard InChI is InChI=1S/C17H23N3O3/c21-16(19-14-11-17(22)18-12-14)6-5-13-3-1-2-4-15(13)20-7-9-23-10-8-20/h1-4,14H,5-12H2,(H,18,22)(H,19,21). The molecule has 3 rings (SSSR count). The monoisotopic (exact) mass is 317 g/mol. The second-order valence-corrected chi connectivity index (χ2v) is 6.00. The van der Waals surface area contributed by atoms with Crippen LogP contribution in [0.15, 0.2) is 24.3 Å². The highest BCUT2D eigenvalue weighted by Gasteiger charge is 2.23. The predicted octanol–water partition coefficient (Wildman–Crippen LogP) is 0.461. The van der Waals surface area contributed by atoms with Crippen molar-refractivity contribution >= 4 is 17.5 Å². The first kappa shape index (κ1) is 15.8. The number of benzene rings is 1. The van der Waals surface area contributed by atoms with Crippen molar-refractivity contribution in [1.29, 1.82) is 0 Å². The Morgan fingerprint density at radius 2 is 2.09 bits per heavy atom. The fraction of sp³-hybridized carbons (Fsp3) is 0.529. The molecule has 2 fully saturated rings. The number of carbonyl (C=O) groups is 2. The third-order valence-electron chi connectivity index (χ3n) is 4.31. The number of para-hydroxylation sites is 1. The lowest BCUT2D eigenvalue weighted by molar-refractivity contribution is -0.121. The third-order valence-corrected chi connectivity index (χ3v) is 4.31. The number of amides is 2. The van der Waals surface area contributed by atoms with E-state index in [-0.39, 0.29) is 17.9 Å². The Kier molecular flexibility index (Phi) is 5.12. The van der Waals surface area contributed by atoms with E-state index in [1.165, 1.54) is 11.3 Å². The molecule has 1 unspecified atom stereocenters. The number of morpholine rings is 1. The van der Waals surface area contributed by atoms with Gasteiger partial charge in [0.1, 0.15) is 0 Å². The summed E-state index contributed by atoms with van der Waals surface area (Å²) >= 11 is 0. The van der Waals surface area contributed by atoms with Gasteiger partial charge in [-0.25, -0.2) is 0 Å². The molecule has 0 radical (unpaired) electrons. The van der Waals surface area contributed by atoms with Gasteiger partial charge >= 0.3 is 0 Å². The normalized spacial score (nSPS) is 21.1. The summed E-state index contributed by atoms with van der Waals surface area (Å²) in [6.07, 6.45) is 1.52. The maximum atomic E-state index is 12.1. The summed E-state index contributed by atoms with van der Waals surface area (Å²) in [5, 5.41) is 5.65. The van der Waals surface area contributed by atoms with Crippen LogP contribution in [0.1, 0.15) is 18.4 Å². The molecule has 6 nitrogen and oxygen atoms in total. The molecule has 2 aliphatic heterocycles. The lowest BCUT2D eigenvalue weighted by Crippen LogP contribution is -2.37. The van der Waals surface area contributed by atoms with Crippen molar-refractivity contribution in [1.82, 2.24) is 10.6 Å². The van der Waals surface area contributed by atoms with E-state index < -0.39 is 0 Å². The topological polar surface area (TPSA) is 70.7 Å². The van der Waals surface area contributed by atoms with E-state index in [4.69, 9.17) is 4.74 Å². The molecular weight excluding hydrogens is 294 g/mol. The Morgan fingerprint density at radius 3 is 2.83 bits per heavy atom. The summed E-state index contributed by atoms with van der Waals surface area (Å²) in [6, 6.07) is 8.17. The van der Waals surface area contributed by atoms with Crippen LogP contribution in [0.3, 0.4) is 0 Å². The zero-order valence-corrected chi connectivity index (χ0v) is 13.2. The number of aryl methyl sites for hydroxylation is 1. The smallest absolute Gasteiger partial charge is 0.222 e. The van der Waals surface area contributed by atoms with Gasteiger partial charge < -0.3 is 20.3 Å². The molecule has 1 aromatic carbocycles. The summed E-state index contributed by atoms with van der Waals surface area (Å²) in [5.41, 5.74) is 2.38. The Hall–Kier alpha value is -2.08. The first-order valence-corrected chi connectivity index (χ1v) is 8.19. The fourth-order valence-corrected chi connectivity index (χ4v) is 3.09. The average molecular weight is 317 g/mol. The Bertz CT molecular complexity index is 570. The Labute approximate surface area is 136 Å². The van der Waals surface area contributed by atoms with Gasteiger partial charge in [0.2, 0.25) is 11.8 Å². The first-order valence-electron chi connectivity index (χ1n) is 8.19. The van der Waals surface area contributed by atoms with Gasteiger partial charge in [-0.3, -0.25) is 9.59 Å². The molecule has 0 bridgehead atoms. The highest BCUT2D eigenvalue weighted by atomic mass is 16.5. The largest absolute Gasteiger partial charge is 0.378 e. The molecule has 0 aliphatic carbocycles. The summed E-state index contributed by atoms with van der Waals surface area (Å²) in [7, 11) is 0. The minimum atomic E-state index is -0.0653. The van der Waals surface area contributed by atoms with Crippen molar-refractivity contribution in [3.8, 4) is 0 Å².